The molecule has 0 aromatic heterocycles. The van der Waals surface area contributed by atoms with Crippen LogP contribution in [0, 0.1) is 0 Å². The lowest BCUT2D eigenvalue weighted by Gasteiger charge is -2.09. The van der Waals surface area contributed by atoms with Crippen LogP contribution >= 0.6 is 28.6 Å². The van der Waals surface area contributed by atoms with E-state index >= 15 is 0 Å². The fraction of sp³-hybridized carbons (Fsp3) is 0.333. The van der Waals surface area contributed by atoms with Crippen molar-refractivity contribution >= 4 is 28.6 Å². The Kier molecular flexibility index (Phi) is 4.12. The average Bonchev–Trinajstić information content (AvgIpc) is 2.05. The van der Waals surface area contributed by atoms with Gasteiger partial charge in [-0.05, 0) is 29.9 Å². The Morgan fingerprint density at radius 1 is 1.50 bits per heavy atom. The Balaban J connectivity index is 2.73. The number of benzene rings is 1. The topological polar surface area (TPSA) is 26.0 Å². The summed E-state index contributed by atoms with van der Waals surface area (Å²) in [6.45, 7) is 0. The van der Waals surface area contributed by atoms with Crippen molar-refractivity contribution in [2.75, 3.05) is 5.75 Å². The van der Waals surface area contributed by atoms with E-state index in [1.165, 1.54) is 5.56 Å². The highest BCUT2D eigenvalue weighted by Crippen LogP contribution is 2.18. The number of halogens is 1. The number of nitrogens with two attached hydrogens (primary N) is 1. The van der Waals surface area contributed by atoms with Crippen molar-refractivity contribution in [3.05, 3.63) is 34.3 Å². The highest BCUT2D eigenvalue weighted by molar-refractivity contribution is 9.10. The molecular formula is C9H12BrNS. The number of hydrogen-bond acceptors (Lipinski definition) is 2. The second kappa shape index (κ2) is 4.90. The van der Waals surface area contributed by atoms with Crippen molar-refractivity contribution in [1.29, 1.82) is 0 Å². The first-order valence-electron chi connectivity index (χ1n) is 3.86. The van der Waals surface area contributed by atoms with E-state index < -0.39 is 0 Å². The quantitative estimate of drug-likeness (QED) is 0.788. The summed E-state index contributed by atoms with van der Waals surface area (Å²) in [6.07, 6.45) is 0.916. The van der Waals surface area contributed by atoms with Crippen LogP contribution in [0.1, 0.15) is 18.0 Å². The smallest absolute Gasteiger partial charge is 0.0303 e. The molecule has 1 aromatic carbocycles. The Labute approximate surface area is 86.9 Å². The molecule has 1 unspecified atom stereocenters. The first-order chi connectivity index (χ1) is 5.74. The van der Waals surface area contributed by atoms with Crippen LogP contribution in [-0.4, -0.2) is 5.75 Å². The molecule has 12 heavy (non-hydrogen) atoms. The summed E-state index contributed by atoms with van der Waals surface area (Å²) in [5, 5.41) is 0. The lowest BCUT2D eigenvalue weighted by molar-refractivity contribution is 0.706. The van der Waals surface area contributed by atoms with Crippen molar-refractivity contribution < 1.29 is 0 Å². The van der Waals surface area contributed by atoms with Gasteiger partial charge in [-0.2, -0.15) is 12.6 Å². The highest BCUT2D eigenvalue weighted by Gasteiger charge is 2.03. The minimum absolute atomic E-state index is 0.111. The summed E-state index contributed by atoms with van der Waals surface area (Å²) < 4.78 is 1.08. The van der Waals surface area contributed by atoms with Crippen molar-refractivity contribution in [2.45, 2.75) is 12.5 Å². The standard InChI is InChI=1S/C9H12BrNS/c10-8-3-1-2-7(6-8)9(11)4-5-12/h1-3,6,9,12H,4-5,11H2. The van der Waals surface area contributed by atoms with Crippen molar-refractivity contribution in [2.24, 2.45) is 5.73 Å². The van der Waals surface area contributed by atoms with Crippen LogP contribution < -0.4 is 5.73 Å². The molecule has 0 heterocycles. The minimum atomic E-state index is 0.111. The largest absolute Gasteiger partial charge is 0.324 e. The fourth-order valence-electron chi connectivity index (χ4n) is 1.04. The van der Waals surface area contributed by atoms with Gasteiger partial charge in [0.25, 0.3) is 0 Å². The van der Waals surface area contributed by atoms with E-state index in [0.717, 1.165) is 16.6 Å². The molecule has 0 saturated carbocycles. The number of rotatable bonds is 3. The average molecular weight is 246 g/mol. The molecule has 0 saturated heterocycles. The van der Waals surface area contributed by atoms with E-state index in [0.29, 0.717) is 0 Å². The van der Waals surface area contributed by atoms with Crippen LogP contribution in [0.15, 0.2) is 28.7 Å². The van der Waals surface area contributed by atoms with Gasteiger partial charge in [-0.1, -0.05) is 28.1 Å². The molecule has 0 aliphatic rings. The van der Waals surface area contributed by atoms with Crippen molar-refractivity contribution in [3.63, 3.8) is 0 Å². The van der Waals surface area contributed by atoms with Crippen LogP contribution in [-0.2, 0) is 0 Å². The van der Waals surface area contributed by atoms with Gasteiger partial charge < -0.3 is 5.73 Å². The van der Waals surface area contributed by atoms with Crippen LogP contribution in [0.5, 0.6) is 0 Å². The number of thiol groups is 1. The molecule has 2 N–H and O–H groups in total. The molecule has 0 spiro atoms. The minimum Gasteiger partial charge on any atom is -0.324 e. The van der Waals surface area contributed by atoms with E-state index in [-0.39, 0.29) is 6.04 Å². The molecule has 0 aliphatic carbocycles. The number of hydrogen-bond donors (Lipinski definition) is 2. The van der Waals surface area contributed by atoms with Gasteiger partial charge in [-0.15, -0.1) is 0 Å². The first kappa shape index (κ1) is 10.1. The van der Waals surface area contributed by atoms with E-state index in [1.807, 2.05) is 24.3 Å². The molecule has 3 heteroatoms. The Morgan fingerprint density at radius 3 is 2.83 bits per heavy atom. The lowest BCUT2D eigenvalue weighted by atomic mass is 10.1. The molecule has 0 radical (unpaired) electrons. The summed E-state index contributed by atoms with van der Waals surface area (Å²) in [5.41, 5.74) is 7.07. The summed E-state index contributed by atoms with van der Waals surface area (Å²) in [4.78, 5) is 0. The van der Waals surface area contributed by atoms with Gasteiger partial charge in [-0.3, -0.25) is 0 Å². The Morgan fingerprint density at radius 2 is 2.25 bits per heavy atom. The molecule has 0 aliphatic heterocycles. The molecule has 66 valence electrons. The zero-order valence-electron chi connectivity index (χ0n) is 6.70. The van der Waals surface area contributed by atoms with Gasteiger partial charge in [0.05, 0.1) is 0 Å². The van der Waals surface area contributed by atoms with Gasteiger partial charge in [0.1, 0.15) is 0 Å². The zero-order chi connectivity index (χ0) is 8.97. The SMILES string of the molecule is NC(CCS)c1cccc(Br)c1. The van der Waals surface area contributed by atoms with E-state index in [4.69, 9.17) is 5.73 Å². The molecule has 0 bridgehead atoms. The van der Waals surface area contributed by atoms with Crippen molar-refractivity contribution in [3.8, 4) is 0 Å². The molecule has 1 nitrogen and oxygen atoms in total. The third-order valence-electron chi connectivity index (χ3n) is 1.72. The van der Waals surface area contributed by atoms with E-state index in [2.05, 4.69) is 28.6 Å². The van der Waals surface area contributed by atoms with Gasteiger partial charge in [0.2, 0.25) is 0 Å². The maximum absolute atomic E-state index is 5.90. The monoisotopic (exact) mass is 245 g/mol. The van der Waals surface area contributed by atoms with Crippen LogP contribution in [0.2, 0.25) is 0 Å². The predicted octanol–water partition coefficient (Wildman–Crippen LogP) is 2.77. The summed E-state index contributed by atoms with van der Waals surface area (Å²) >= 11 is 7.55. The second-order valence-corrected chi connectivity index (χ2v) is 4.04. The van der Waals surface area contributed by atoms with Crippen molar-refractivity contribution in [1.82, 2.24) is 0 Å². The van der Waals surface area contributed by atoms with Gasteiger partial charge in [-0.25, -0.2) is 0 Å². The first-order valence-corrected chi connectivity index (χ1v) is 5.28. The van der Waals surface area contributed by atoms with E-state index in [1.54, 1.807) is 0 Å². The third-order valence-corrected chi connectivity index (χ3v) is 2.47. The predicted molar refractivity (Wildman–Crippen MR) is 59.5 cm³/mol. The maximum atomic E-state index is 5.90. The molecule has 1 aromatic rings. The Hall–Kier alpha value is 0.01000. The Bertz CT molecular complexity index is 252. The second-order valence-electron chi connectivity index (χ2n) is 2.67. The summed E-state index contributed by atoms with van der Waals surface area (Å²) in [7, 11) is 0. The van der Waals surface area contributed by atoms with Crippen LogP contribution in [0.3, 0.4) is 0 Å². The maximum Gasteiger partial charge on any atom is 0.0303 e. The van der Waals surface area contributed by atoms with Gasteiger partial charge in [0.15, 0.2) is 0 Å². The lowest BCUT2D eigenvalue weighted by Crippen LogP contribution is -2.10. The molecule has 0 fully saturated rings. The van der Waals surface area contributed by atoms with Gasteiger partial charge in [0, 0.05) is 10.5 Å². The van der Waals surface area contributed by atoms with Crippen LogP contribution in [0.4, 0.5) is 0 Å². The molecule has 1 atom stereocenters. The summed E-state index contributed by atoms with van der Waals surface area (Å²) in [6, 6.07) is 8.20. The molecular weight excluding hydrogens is 234 g/mol. The third kappa shape index (κ3) is 2.81. The summed E-state index contributed by atoms with van der Waals surface area (Å²) in [5.74, 6) is 0.827. The van der Waals surface area contributed by atoms with E-state index in [9.17, 15) is 0 Å². The zero-order valence-corrected chi connectivity index (χ0v) is 9.18. The highest BCUT2D eigenvalue weighted by atomic mass is 79.9. The van der Waals surface area contributed by atoms with Gasteiger partial charge >= 0.3 is 0 Å². The fourth-order valence-corrected chi connectivity index (χ4v) is 1.74. The van der Waals surface area contributed by atoms with Crippen LogP contribution in [0.25, 0.3) is 0 Å². The molecule has 1 rings (SSSR count). The normalized spacial score (nSPS) is 12.9. The molecule has 0 amide bonds.